The Hall–Kier alpha value is -2.46. The number of benzene rings is 2. The summed E-state index contributed by atoms with van der Waals surface area (Å²) in [6, 6.07) is 14.7. The molecule has 0 unspecified atom stereocenters. The first-order valence-electron chi connectivity index (χ1n) is 7.39. The molecule has 22 heavy (non-hydrogen) atoms. The van der Waals surface area contributed by atoms with Crippen molar-refractivity contribution in [3.8, 4) is 16.9 Å². The van der Waals surface area contributed by atoms with E-state index in [1.807, 2.05) is 4.68 Å². The fourth-order valence-corrected chi connectivity index (χ4v) is 2.66. The van der Waals surface area contributed by atoms with Crippen LogP contribution in [0, 0.1) is 20.8 Å². The zero-order valence-corrected chi connectivity index (χ0v) is 13.2. The summed E-state index contributed by atoms with van der Waals surface area (Å²) in [4.78, 5) is 0. The molecule has 0 fully saturated rings. The van der Waals surface area contributed by atoms with Crippen LogP contribution in [0.1, 0.15) is 22.4 Å². The molecule has 0 saturated heterocycles. The lowest BCUT2D eigenvalue weighted by atomic mass is 10.1. The molecular formula is C18H20N4. The van der Waals surface area contributed by atoms with Crippen LogP contribution in [0.15, 0.2) is 42.5 Å². The number of aryl methyl sites for hydroxylation is 3. The molecule has 2 aromatic carbocycles. The molecule has 0 atom stereocenters. The number of rotatable bonds is 3. The third kappa shape index (κ3) is 2.53. The van der Waals surface area contributed by atoms with Gasteiger partial charge >= 0.3 is 0 Å². The average molecular weight is 292 g/mol. The lowest BCUT2D eigenvalue weighted by molar-refractivity contribution is 0.795. The van der Waals surface area contributed by atoms with Gasteiger partial charge in [-0.2, -0.15) is 0 Å². The summed E-state index contributed by atoms with van der Waals surface area (Å²) >= 11 is 0. The van der Waals surface area contributed by atoms with E-state index in [-0.39, 0.29) is 0 Å². The van der Waals surface area contributed by atoms with E-state index in [4.69, 9.17) is 5.73 Å². The van der Waals surface area contributed by atoms with Crippen LogP contribution in [-0.2, 0) is 6.54 Å². The molecule has 0 radical (unpaired) electrons. The van der Waals surface area contributed by atoms with Gasteiger partial charge in [-0.25, -0.2) is 4.68 Å². The van der Waals surface area contributed by atoms with E-state index >= 15 is 0 Å². The maximum Gasteiger partial charge on any atom is 0.105 e. The summed E-state index contributed by atoms with van der Waals surface area (Å²) in [5.74, 6) is 0. The lowest BCUT2D eigenvalue weighted by Gasteiger charge is -2.11. The Morgan fingerprint density at radius 2 is 1.64 bits per heavy atom. The first-order chi connectivity index (χ1) is 10.6. The van der Waals surface area contributed by atoms with Crippen LogP contribution in [-0.4, -0.2) is 15.0 Å². The minimum atomic E-state index is 0.369. The molecule has 0 aliphatic rings. The van der Waals surface area contributed by atoms with E-state index in [0.717, 1.165) is 22.6 Å². The zero-order valence-electron chi connectivity index (χ0n) is 13.2. The highest BCUT2D eigenvalue weighted by atomic mass is 15.4. The van der Waals surface area contributed by atoms with Crippen molar-refractivity contribution in [2.24, 2.45) is 5.73 Å². The molecule has 0 spiro atoms. The SMILES string of the molecule is Cc1ccc(-c2c(CN)nnn2-c2ccc(C)cc2C)cc1. The summed E-state index contributed by atoms with van der Waals surface area (Å²) in [6.45, 7) is 6.62. The largest absolute Gasteiger partial charge is 0.325 e. The number of aromatic nitrogens is 3. The Morgan fingerprint density at radius 3 is 2.27 bits per heavy atom. The van der Waals surface area contributed by atoms with Gasteiger partial charge in [0.05, 0.1) is 11.4 Å². The third-order valence-electron chi connectivity index (χ3n) is 3.84. The van der Waals surface area contributed by atoms with Crippen LogP contribution in [0.4, 0.5) is 0 Å². The van der Waals surface area contributed by atoms with Crippen molar-refractivity contribution >= 4 is 0 Å². The maximum absolute atomic E-state index is 5.86. The molecule has 1 heterocycles. The summed E-state index contributed by atoms with van der Waals surface area (Å²) in [5, 5.41) is 8.59. The molecule has 0 bridgehead atoms. The van der Waals surface area contributed by atoms with E-state index in [2.05, 4.69) is 73.5 Å². The second-order valence-corrected chi connectivity index (χ2v) is 5.66. The Kier molecular flexibility index (Phi) is 3.77. The molecule has 3 rings (SSSR count). The predicted molar refractivity (Wildman–Crippen MR) is 88.9 cm³/mol. The zero-order chi connectivity index (χ0) is 15.7. The third-order valence-corrected chi connectivity index (χ3v) is 3.84. The van der Waals surface area contributed by atoms with Crippen LogP contribution in [0.25, 0.3) is 16.9 Å². The normalized spacial score (nSPS) is 10.9. The quantitative estimate of drug-likeness (QED) is 0.805. The van der Waals surface area contributed by atoms with Crippen LogP contribution < -0.4 is 5.73 Å². The smallest absolute Gasteiger partial charge is 0.105 e. The Morgan fingerprint density at radius 1 is 0.955 bits per heavy atom. The summed E-state index contributed by atoms with van der Waals surface area (Å²) in [6.07, 6.45) is 0. The van der Waals surface area contributed by atoms with Crippen molar-refractivity contribution in [2.75, 3.05) is 0 Å². The van der Waals surface area contributed by atoms with Crippen molar-refractivity contribution in [2.45, 2.75) is 27.3 Å². The monoisotopic (exact) mass is 292 g/mol. The molecule has 4 heteroatoms. The standard InChI is InChI=1S/C18H20N4/c1-12-4-7-15(8-5-12)18-16(11-19)20-21-22(18)17-9-6-13(2)10-14(17)3/h4-10H,11,19H2,1-3H3. The number of hydrogen-bond donors (Lipinski definition) is 1. The highest BCUT2D eigenvalue weighted by molar-refractivity contribution is 5.65. The molecule has 112 valence electrons. The van der Waals surface area contributed by atoms with Crippen molar-refractivity contribution in [3.63, 3.8) is 0 Å². The van der Waals surface area contributed by atoms with Crippen LogP contribution in [0.2, 0.25) is 0 Å². The molecule has 3 aromatic rings. The minimum absolute atomic E-state index is 0.369. The Balaban J connectivity index is 2.21. The van der Waals surface area contributed by atoms with Crippen molar-refractivity contribution in [1.29, 1.82) is 0 Å². The van der Waals surface area contributed by atoms with Gasteiger partial charge in [-0.15, -0.1) is 5.10 Å². The van der Waals surface area contributed by atoms with E-state index in [1.165, 1.54) is 16.7 Å². The van der Waals surface area contributed by atoms with Gasteiger partial charge in [-0.1, -0.05) is 52.7 Å². The number of nitrogens with two attached hydrogens (primary N) is 1. The minimum Gasteiger partial charge on any atom is -0.325 e. The van der Waals surface area contributed by atoms with Crippen LogP contribution in [0.3, 0.4) is 0 Å². The summed E-state index contributed by atoms with van der Waals surface area (Å²) in [7, 11) is 0. The van der Waals surface area contributed by atoms with Gasteiger partial charge in [-0.05, 0) is 32.4 Å². The van der Waals surface area contributed by atoms with Gasteiger partial charge in [0, 0.05) is 12.1 Å². The van der Waals surface area contributed by atoms with Gasteiger partial charge in [0.25, 0.3) is 0 Å². The van der Waals surface area contributed by atoms with Gasteiger partial charge in [0.15, 0.2) is 0 Å². The number of nitrogens with zero attached hydrogens (tertiary/aromatic N) is 3. The van der Waals surface area contributed by atoms with Crippen molar-refractivity contribution in [3.05, 3.63) is 64.8 Å². The second kappa shape index (κ2) is 5.73. The van der Waals surface area contributed by atoms with E-state index < -0.39 is 0 Å². The van der Waals surface area contributed by atoms with E-state index in [9.17, 15) is 0 Å². The maximum atomic E-state index is 5.86. The Labute approximate surface area is 130 Å². The molecule has 0 saturated carbocycles. The molecule has 4 nitrogen and oxygen atoms in total. The summed E-state index contributed by atoms with van der Waals surface area (Å²) in [5.41, 5.74) is 13.4. The molecule has 0 aliphatic carbocycles. The van der Waals surface area contributed by atoms with Gasteiger partial charge in [0.2, 0.25) is 0 Å². The fourth-order valence-electron chi connectivity index (χ4n) is 2.66. The van der Waals surface area contributed by atoms with Gasteiger partial charge < -0.3 is 5.73 Å². The van der Waals surface area contributed by atoms with E-state index in [1.54, 1.807) is 0 Å². The average Bonchev–Trinajstić information content (AvgIpc) is 2.92. The summed E-state index contributed by atoms with van der Waals surface area (Å²) < 4.78 is 1.89. The molecule has 0 amide bonds. The molecular weight excluding hydrogens is 272 g/mol. The lowest BCUT2D eigenvalue weighted by Crippen LogP contribution is -2.04. The molecule has 2 N–H and O–H groups in total. The van der Waals surface area contributed by atoms with E-state index in [0.29, 0.717) is 6.54 Å². The van der Waals surface area contributed by atoms with Crippen molar-refractivity contribution in [1.82, 2.24) is 15.0 Å². The molecule has 1 aromatic heterocycles. The first kappa shape index (κ1) is 14.5. The molecule has 0 aliphatic heterocycles. The number of hydrogen-bond acceptors (Lipinski definition) is 3. The first-order valence-corrected chi connectivity index (χ1v) is 7.39. The fraction of sp³-hybridized carbons (Fsp3) is 0.222. The van der Waals surface area contributed by atoms with Gasteiger partial charge in [-0.3, -0.25) is 0 Å². The van der Waals surface area contributed by atoms with Crippen LogP contribution in [0.5, 0.6) is 0 Å². The Bertz CT molecular complexity index is 800. The van der Waals surface area contributed by atoms with Crippen LogP contribution >= 0.6 is 0 Å². The van der Waals surface area contributed by atoms with Gasteiger partial charge in [0.1, 0.15) is 5.69 Å². The predicted octanol–water partition coefficient (Wildman–Crippen LogP) is 3.32. The highest BCUT2D eigenvalue weighted by Gasteiger charge is 2.16. The van der Waals surface area contributed by atoms with Crippen molar-refractivity contribution < 1.29 is 0 Å². The second-order valence-electron chi connectivity index (χ2n) is 5.66. The highest BCUT2D eigenvalue weighted by Crippen LogP contribution is 2.27. The topological polar surface area (TPSA) is 56.7 Å².